The quantitative estimate of drug-likeness (QED) is 0.553. The van der Waals surface area contributed by atoms with Crippen molar-refractivity contribution in [1.29, 1.82) is 0 Å². The lowest BCUT2D eigenvalue weighted by Gasteiger charge is -2.36. The van der Waals surface area contributed by atoms with Gasteiger partial charge in [-0.3, -0.25) is 4.90 Å². The summed E-state index contributed by atoms with van der Waals surface area (Å²) < 4.78 is 5.83. The van der Waals surface area contributed by atoms with E-state index in [1.165, 1.54) is 18.4 Å². The second kappa shape index (κ2) is 9.80. The van der Waals surface area contributed by atoms with Crippen LogP contribution in [0.2, 0.25) is 0 Å². The molecule has 0 aliphatic rings. The van der Waals surface area contributed by atoms with Crippen molar-refractivity contribution in [3.05, 3.63) is 46.4 Å². The summed E-state index contributed by atoms with van der Waals surface area (Å²) in [5.74, 6) is 0.911. The number of ether oxygens (including phenoxy) is 1. The van der Waals surface area contributed by atoms with Crippen molar-refractivity contribution in [1.82, 2.24) is 9.88 Å². The molecule has 0 spiro atoms. The highest BCUT2D eigenvalue weighted by Crippen LogP contribution is 2.29. The normalized spacial score (nSPS) is 13.9. The Balaban J connectivity index is 2.05. The number of rotatable bonds is 10. The molecule has 2 rings (SSSR count). The van der Waals surface area contributed by atoms with Crippen LogP contribution in [0.1, 0.15) is 63.6 Å². The maximum atomic E-state index is 5.83. The fourth-order valence-electron chi connectivity index (χ4n) is 3.09. The lowest BCUT2D eigenvalue weighted by Crippen LogP contribution is -2.36. The maximum absolute atomic E-state index is 5.83. The topological polar surface area (TPSA) is 25.4 Å². The van der Waals surface area contributed by atoms with Gasteiger partial charge in [-0.15, -0.1) is 11.3 Å². The Morgan fingerprint density at radius 2 is 1.88 bits per heavy atom. The van der Waals surface area contributed by atoms with Gasteiger partial charge in [-0.05, 0) is 50.4 Å². The first-order valence-electron chi connectivity index (χ1n) is 9.06. The zero-order chi connectivity index (χ0) is 17.4. The molecule has 3 nitrogen and oxygen atoms in total. The van der Waals surface area contributed by atoms with Crippen molar-refractivity contribution in [2.24, 2.45) is 0 Å². The highest BCUT2D eigenvalue weighted by molar-refractivity contribution is 7.09. The number of hydrogen-bond acceptors (Lipinski definition) is 4. The molecule has 0 radical (unpaired) electrons. The van der Waals surface area contributed by atoms with Crippen LogP contribution in [-0.2, 0) is 6.61 Å². The van der Waals surface area contributed by atoms with Gasteiger partial charge in [0.2, 0.25) is 0 Å². The molecule has 0 saturated heterocycles. The third-order valence-corrected chi connectivity index (χ3v) is 5.29. The number of thiazole rings is 1. The van der Waals surface area contributed by atoms with E-state index < -0.39 is 0 Å². The molecule has 1 aromatic carbocycles. The summed E-state index contributed by atoms with van der Waals surface area (Å²) >= 11 is 1.63. The largest absolute Gasteiger partial charge is 0.486 e. The number of nitrogens with zero attached hydrogens (tertiary/aromatic N) is 2. The summed E-state index contributed by atoms with van der Waals surface area (Å²) in [6, 6.07) is 9.70. The molecule has 2 aromatic rings. The predicted octanol–water partition coefficient (Wildman–Crippen LogP) is 5.68. The van der Waals surface area contributed by atoms with E-state index in [2.05, 4.69) is 61.8 Å². The first kappa shape index (κ1) is 18.9. The van der Waals surface area contributed by atoms with E-state index in [-0.39, 0.29) is 0 Å². The van der Waals surface area contributed by atoms with Crippen molar-refractivity contribution in [3.63, 3.8) is 0 Å². The van der Waals surface area contributed by atoms with Gasteiger partial charge in [0.1, 0.15) is 17.4 Å². The number of benzene rings is 1. The van der Waals surface area contributed by atoms with Gasteiger partial charge in [-0.25, -0.2) is 4.98 Å². The second-order valence-corrected chi connectivity index (χ2v) is 7.18. The zero-order valence-electron chi connectivity index (χ0n) is 15.4. The van der Waals surface area contributed by atoms with Crippen LogP contribution in [0.25, 0.3) is 0 Å². The fraction of sp³-hybridized carbons (Fsp3) is 0.550. The zero-order valence-corrected chi connectivity index (χ0v) is 16.2. The lowest BCUT2D eigenvalue weighted by atomic mass is 10.00. The highest BCUT2D eigenvalue weighted by Gasteiger charge is 2.22. The van der Waals surface area contributed by atoms with Crippen molar-refractivity contribution < 1.29 is 4.74 Å². The minimum Gasteiger partial charge on any atom is -0.486 e. The highest BCUT2D eigenvalue weighted by atomic mass is 32.1. The SMILES string of the molecule is CCCN(C(CC)c1ccc(OCc2nccs2)cc1)[C@@H](C)CC. The molecule has 2 atom stereocenters. The van der Waals surface area contributed by atoms with Gasteiger partial charge in [0.25, 0.3) is 0 Å². The van der Waals surface area contributed by atoms with Gasteiger partial charge >= 0.3 is 0 Å². The summed E-state index contributed by atoms with van der Waals surface area (Å²) in [6.45, 7) is 10.8. The van der Waals surface area contributed by atoms with Crippen LogP contribution in [0.15, 0.2) is 35.8 Å². The third kappa shape index (κ3) is 5.05. The van der Waals surface area contributed by atoms with Gasteiger partial charge in [-0.1, -0.05) is 32.9 Å². The van der Waals surface area contributed by atoms with Crippen LogP contribution >= 0.6 is 11.3 Å². The first-order valence-corrected chi connectivity index (χ1v) is 9.94. The minimum atomic E-state index is 0.480. The van der Waals surface area contributed by atoms with E-state index in [4.69, 9.17) is 4.74 Å². The van der Waals surface area contributed by atoms with Gasteiger partial charge < -0.3 is 4.74 Å². The Morgan fingerprint density at radius 3 is 2.42 bits per heavy atom. The molecule has 0 amide bonds. The summed E-state index contributed by atoms with van der Waals surface area (Å²) in [4.78, 5) is 6.89. The standard InChI is InChI=1S/C20H30N2OS/c1-5-13-22(16(4)6-2)19(7-3)17-8-10-18(11-9-17)23-15-20-21-12-14-24-20/h8-12,14,16,19H,5-7,13,15H2,1-4H3/t16-,19?/m0/s1. The lowest BCUT2D eigenvalue weighted by molar-refractivity contribution is 0.135. The van der Waals surface area contributed by atoms with Crippen LogP contribution in [-0.4, -0.2) is 22.5 Å². The van der Waals surface area contributed by atoms with Gasteiger partial charge in [0, 0.05) is 23.7 Å². The molecule has 1 heterocycles. The average Bonchev–Trinajstić information content (AvgIpc) is 3.13. The Labute approximate surface area is 150 Å². The van der Waals surface area contributed by atoms with E-state index >= 15 is 0 Å². The molecule has 24 heavy (non-hydrogen) atoms. The minimum absolute atomic E-state index is 0.480. The summed E-state index contributed by atoms with van der Waals surface area (Å²) in [6.07, 6.45) is 5.32. The molecule has 0 N–H and O–H groups in total. The summed E-state index contributed by atoms with van der Waals surface area (Å²) in [5.41, 5.74) is 1.38. The van der Waals surface area contributed by atoms with E-state index in [0.717, 1.165) is 23.7 Å². The molecule has 0 saturated carbocycles. The average molecular weight is 347 g/mol. The van der Waals surface area contributed by atoms with Gasteiger partial charge in [0.05, 0.1) is 0 Å². The Morgan fingerprint density at radius 1 is 1.12 bits per heavy atom. The van der Waals surface area contributed by atoms with E-state index in [0.29, 0.717) is 18.7 Å². The Kier molecular flexibility index (Phi) is 7.73. The molecule has 0 fully saturated rings. The molecular weight excluding hydrogens is 316 g/mol. The summed E-state index contributed by atoms with van der Waals surface area (Å²) in [7, 11) is 0. The predicted molar refractivity (Wildman–Crippen MR) is 103 cm³/mol. The van der Waals surface area contributed by atoms with Crippen molar-refractivity contribution in [3.8, 4) is 5.75 Å². The molecular formula is C20H30N2OS. The van der Waals surface area contributed by atoms with Crippen LogP contribution in [0, 0.1) is 0 Å². The van der Waals surface area contributed by atoms with E-state index in [1.807, 2.05) is 11.6 Å². The first-order chi connectivity index (χ1) is 11.7. The van der Waals surface area contributed by atoms with Crippen molar-refractivity contribution in [2.75, 3.05) is 6.54 Å². The molecule has 4 heteroatoms. The molecule has 1 aromatic heterocycles. The van der Waals surface area contributed by atoms with E-state index in [9.17, 15) is 0 Å². The molecule has 132 valence electrons. The fourth-order valence-corrected chi connectivity index (χ4v) is 3.62. The Hall–Kier alpha value is -1.39. The van der Waals surface area contributed by atoms with Gasteiger partial charge in [-0.2, -0.15) is 0 Å². The third-order valence-electron chi connectivity index (χ3n) is 4.54. The van der Waals surface area contributed by atoms with Gasteiger partial charge in [0.15, 0.2) is 0 Å². The maximum Gasteiger partial charge on any atom is 0.140 e. The number of aromatic nitrogens is 1. The molecule has 0 aliphatic heterocycles. The van der Waals surface area contributed by atoms with Crippen LogP contribution in [0.3, 0.4) is 0 Å². The van der Waals surface area contributed by atoms with Crippen LogP contribution in [0.5, 0.6) is 5.75 Å². The smallest absolute Gasteiger partial charge is 0.140 e. The van der Waals surface area contributed by atoms with Crippen molar-refractivity contribution in [2.45, 2.75) is 65.6 Å². The monoisotopic (exact) mass is 346 g/mol. The second-order valence-electron chi connectivity index (χ2n) is 6.20. The molecule has 0 aliphatic carbocycles. The molecule has 1 unspecified atom stereocenters. The van der Waals surface area contributed by atoms with Crippen LogP contribution < -0.4 is 4.74 Å². The van der Waals surface area contributed by atoms with Crippen molar-refractivity contribution >= 4 is 11.3 Å². The Bertz CT molecular complexity index is 568. The summed E-state index contributed by atoms with van der Waals surface area (Å²) in [5, 5.41) is 2.99. The molecule has 0 bridgehead atoms. The van der Waals surface area contributed by atoms with E-state index in [1.54, 1.807) is 11.3 Å². The van der Waals surface area contributed by atoms with Crippen LogP contribution in [0.4, 0.5) is 0 Å². The number of hydrogen-bond donors (Lipinski definition) is 0.